The van der Waals surface area contributed by atoms with Crippen molar-refractivity contribution < 1.29 is 9.59 Å². The van der Waals surface area contributed by atoms with Crippen LogP contribution in [0.15, 0.2) is 54.1 Å². The summed E-state index contributed by atoms with van der Waals surface area (Å²) in [4.78, 5) is 27.4. The van der Waals surface area contributed by atoms with E-state index in [9.17, 15) is 9.59 Å². The molecular weight excluding hydrogens is 456 g/mol. The molecule has 1 aromatic heterocycles. The molecule has 2 amide bonds. The zero-order chi connectivity index (χ0) is 23.9. The van der Waals surface area contributed by atoms with Gasteiger partial charge in [-0.1, -0.05) is 17.7 Å². The number of hydrogen-bond acceptors (Lipinski definition) is 4. The highest BCUT2D eigenvalue weighted by Crippen LogP contribution is 2.30. The smallest absolute Gasteiger partial charge is 0.270 e. The lowest BCUT2D eigenvalue weighted by Crippen LogP contribution is -2.54. The van der Waals surface area contributed by atoms with Gasteiger partial charge in [0, 0.05) is 22.1 Å². The molecule has 4 rings (SSSR count). The molecule has 164 valence electrons. The minimum atomic E-state index is -0.552. The van der Waals surface area contributed by atoms with Gasteiger partial charge in [0.05, 0.1) is 17.3 Å². The fraction of sp³-hybridized carbons (Fsp3) is 0.120. The van der Waals surface area contributed by atoms with Crippen LogP contribution in [-0.2, 0) is 9.59 Å². The van der Waals surface area contributed by atoms with Crippen LogP contribution in [-0.4, -0.2) is 21.5 Å². The standard InChI is InChI=1S/C25H19ClN4O2S/c1-14-11-18(16(3)29(14)19-9-7-17(13-27)8-10-19)12-20-23(31)28-25(33)30(24(20)32)22-6-4-5-21(26)15(22)2/h4-12H,1-3H3,(H,28,31,33)/b20-12-. The fourth-order valence-electron chi connectivity index (χ4n) is 3.89. The number of carbonyl (C=O) groups is 2. The van der Waals surface area contributed by atoms with E-state index in [1.165, 1.54) is 4.90 Å². The summed E-state index contributed by atoms with van der Waals surface area (Å²) in [6.07, 6.45) is 1.58. The van der Waals surface area contributed by atoms with Crippen LogP contribution in [0.4, 0.5) is 5.69 Å². The van der Waals surface area contributed by atoms with Crippen molar-refractivity contribution in [1.29, 1.82) is 5.26 Å². The number of aryl methyl sites for hydroxylation is 1. The molecule has 0 unspecified atom stereocenters. The molecule has 1 aliphatic heterocycles. The number of rotatable bonds is 3. The van der Waals surface area contributed by atoms with E-state index >= 15 is 0 Å². The molecule has 0 aliphatic carbocycles. The summed E-state index contributed by atoms with van der Waals surface area (Å²) in [7, 11) is 0. The van der Waals surface area contributed by atoms with E-state index in [1.54, 1.807) is 43.3 Å². The summed E-state index contributed by atoms with van der Waals surface area (Å²) in [6.45, 7) is 5.64. The van der Waals surface area contributed by atoms with Crippen LogP contribution >= 0.6 is 23.8 Å². The molecule has 3 aromatic rings. The molecule has 6 nitrogen and oxygen atoms in total. The number of hydrogen-bond donors (Lipinski definition) is 1. The molecule has 2 heterocycles. The van der Waals surface area contributed by atoms with Crippen LogP contribution in [0.3, 0.4) is 0 Å². The number of nitrogens with one attached hydrogen (secondary N) is 1. The van der Waals surface area contributed by atoms with E-state index in [0.717, 1.165) is 22.6 Å². The molecule has 33 heavy (non-hydrogen) atoms. The second-order valence-corrected chi connectivity index (χ2v) is 8.46. The Labute approximate surface area is 201 Å². The van der Waals surface area contributed by atoms with Gasteiger partial charge >= 0.3 is 0 Å². The number of aromatic nitrogens is 1. The third-order valence-corrected chi connectivity index (χ3v) is 6.30. The van der Waals surface area contributed by atoms with E-state index in [4.69, 9.17) is 29.1 Å². The van der Waals surface area contributed by atoms with Gasteiger partial charge in [-0.25, -0.2) is 0 Å². The average Bonchev–Trinajstić information content (AvgIpc) is 3.06. The second kappa shape index (κ2) is 8.66. The maximum atomic E-state index is 13.4. The van der Waals surface area contributed by atoms with Crippen molar-refractivity contribution in [2.75, 3.05) is 4.90 Å². The van der Waals surface area contributed by atoms with Gasteiger partial charge in [0.1, 0.15) is 5.57 Å². The molecule has 0 bridgehead atoms. The number of halogens is 1. The van der Waals surface area contributed by atoms with Crippen LogP contribution in [0.2, 0.25) is 5.02 Å². The predicted molar refractivity (Wildman–Crippen MR) is 132 cm³/mol. The van der Waals surface area contributed by atoms with Crippen LogP contribution in [0.25, 0.3) is 11.8 Å². The van der Waals surface area contributed by atoms with E-state index in [2.05, 4.69) is 11.4 Å². The third kappa shape index (κ3) is 3.95. The Morgan fingerprint density at radius 1 is 1.09 bits per heavy atom. The third-order valence-electron chi connectivity index (χ3n) is 5.61. The number of carbonyl (C=O) groups excluding carboxylic acids is 2. The lowest BCUT2D eigenvalue weighted by molar-refractivity contribution is -0.122. The maximum absolute atomic E-state index is 13.4. The van der Waals surface area contributed by atoms with Crippen LogP contribution in [0, 0.1) is 32.1 Å². The molecule has 2 aromatic carbocycles. The van der Waals surface area contributed by atoms with Crippen molar-refractivity contribution in [3.63, 3.8) is 0 Å². The fourth-order valence-corrected chi connectivity index (χ4v) is 4.33. The average molecular weight is 475 g/mol. The highest BCUT2D eigenvalue weighted by molar-refractivity contribution is 7.80. The first-order valence-corrected chi connectivity index (χ1v) is 10.9. The van der Waals surface area contributed by atoms with Gasteiger partial charge in [-0.15, -0.1) is 0 Å². The van der Waals surface area contributed by atoms with Gasteiger partial charge in [-0.2, -0.15) is 5.26 Å². The maximum Gasteiger partial charge on any atom is 0.270 e. The number of nitriles is 1. The topological polar surface area (TPSA) is 78.1 Å². The van der Waals surface area contributed by atoms with Crippen molar-refractivity contribution in [2.45, 2.75) is 20.8 Å². The van der Waals surface area contributed by atoms with E-state index in [1.807, 2.05) is 36.6 Å². The second-order valence-electron chi connectivity index (χ2n) is 7.66. The number of benzene rings is 2. The number of amides is 2. The molecule has 0 atom stereocenters. The van der Waals surface area contributed by atoms with Gasteiger partial charge in [0.2, 0.25) is 0 Å². The first-order valence-electron chi connectivity index (χ1n) is 10.1. The molecule has 1 saturated heterocycles. The number of thiocarbonyl (C=S) groups is 1. The minimum absolute atomic E-state index is 0.00979. The summed E-state index contributed by atoms with van der Waals surface area (Å²) in [6, 6.07) is 16.4. The number of anilines is 1. The van der Waals surface area contributed by atoms with Crippen LogP contribution < -0.4 is 10.2 Å². The first kappa shape index (κ1) is 22.5. The van der Waals surface area contributed by atoms with Crippen molar-refractivity contribution >= 4 is 52.5 Å². The Balaban J connectivity index is 1.77. The largest absolute Gasteiger partial charge is 0.318 e. The molecule has 8 heteroatoms. The minimum Gasteiger partial charge on any atom is -0.318 e. The van der Waals surface area contributed by atoms with Crippen molar-refractivity contribution in [3.05, 3.63) is 87.2 Å². The molecule has 1 N–H and O–H groups in total. The SMILES string of the molecule is Cc1c(Cl)cccc1N1C(=O)/C(=C\c2cc(C)n(-c3ccc(C#N)cc3)c2C)C(=O)NC1=S. The molecule has 0 radical (unpaired) electrons. The summed E-state index contributed by atoms with van der Waals surface area (Å²) in [5.41, 5.74) is 5.13. The van der Waals surface area contributed by atoms with Gasteiger partial charge < -0.3 is 4.57 Å². The van der Waals surface area contributed by atoms with Crippen LogP contribution in [0.5, 0.6) is 0 Å². The summed E-state index contributed by atoms with van der Waals surface area (Å²) < 4.78 is 2.00. The zero-order valence-electron chi connectivity index (χ0n) is 18.1. The normalized spacial score (nSPS) is 15.1. The molecule has 1 fully saturated rings. The molecule has 0 saturated carbocycles. The highest BCUT2D eigenvalue weighted by Gasteiger charge is 2.35. The summed E-state index contributed by atoms with van der Waals surface area (Å²) in [5, 5.41) is 12.2. The summed E-state index contributed by atoms with van der Waals surface area (Å²) in [5.74, 6) is -1.07. The van der Waals surface area contributed by atoms with Gasteiger partial charge in [-0.05, 0) is 92.7 Å². The Morgan fingerprint density at radius 3 is 2.45 bits per heavy atom. The van der Waals surface area contributed by atoms with Gasteiger partial charge in [0.15, 0.2) is 5.11 Å². The van der Waals surface area contributed by atoms with Gasteiger partial charge in [-0.3, -0.25) is 19.8 Å². The quantitative estimate of drug-likeness (QED) is 0.337. The number of nitrogens with zero attached hydrogens (tertiary/aromatic N) is 3. The van der Waals surface area contributed by atoms with E-state index in [-0.39, 0.29) is 10.7 Å². The Bertz CT molecular complexity index is 1400. The predicted octanol–water partition coefficient (Wildman–Crippen LogP) is 4.76. The summed E-state index contributed by atoms with van der Waals surface area (Å²) >= 11 is 11.5. The molecular formula is C25H19ClN4O2S. The Hall–Kier alpha value is -3.73. The Kier molecular flexibility index (Phi) is 5.90. The van der Waals surface area contributed by atoms with E-state index < -0.39 is 11.8 Å². The zero-order valence-corrected chi connectivity index (χ0v) is 19.7. The first-order chi connectivity index (χ1) is 15.7. The van der Waals surface area contributed by atoms with Crippen LogP contribution in [0.1, 0.15) is 28.1 Å². The van der Waals surface area contributed by atoms with Crippen molar-refractivity contribution in [1.82, 2.24) is 9.88 Å². The van der Waals surface area contributed by atoms with Gasteiger partial charge in [0.25, 0.3) is 11.8 Å². The van der Waals surface area contributed by atoms with Crippen molar-refractivity contribution in [3.8, 4) is 11.8 Å². The molecule has 1 aliphatic rings. The van der Waals surface area contributed by atoms with E-state index in [0.29, 0.717) is 21.8 Å². The Morgan fingerprint density at radius 2 is 1.79 bits per heavy atom. The monoisotopic (exact) mass is 474 g/mol. The van der Waals surface area contributed by atoms with Crippen molar-refractivity contribution in [2.24, 2.45) is 0 Å². The molecule has 0 spiro atoms. The highest BCUT2D eigenvalue weighted by atomic mass is 35.5. The lowest BCUT2D eigenvalue weighted by Gasteiger charge is -2.30. The lowest BCUT2D eigenvalue weighted by atomic mass is 10.1.